The van der Waals surface area contributed by atoms with Gasteiger partial charge in [-0.15, -0.1) is 0 Å². The van der Waals surface area contributed by atoms with Crippen molar-refractivity contribution in [3.63, 3.8) is 0 Å². The minimum absolute atomic E-state index is 0.0765. The highest BCUT2D eigenvalue weighted by Crippen LogP contribution is 2.25. The van der Waals surface area contributed by atoms with Crippen molar-refractivity contribution in [2.45, 2.75) is 13.3 Å². The Bertz CT molecular complexity index is 1010. The fraction of sp³-hybridized carbons (Fsp3) is 0.100. The molecule has 3 rings (SSSR count). The molecule has 0 bridgehead atoms. The molecule has 0 fully saturated rings. The van der Waals surface area contributed by atoms with Gasteiger partial charge in [0.2, 0.25) is 11.8 Å². The lowest BCUT2D eigenvalue weighted by Gasteiger charge is -2.20. The number of nitrogens with one attached hydrogen (secondary N) is 1. The van der Waals surface area contributed by atoms with E-state index in [0.29, 0.717) is 22.8 Å². The largest absolute Gasteiger partial charge is 0.326 e. The first-order chi connectivity index (χ1) is 13.5. The van der Waals surface area contributed by atoms with E-state index in [1.807, 2.05) is 0 Å². The molecule has 3 aromatic rings. The number of hydrogen-bond donors (Lipinski definition) is 1. The third-order valence-corrected chi connectivity index (χ3v) is 4.28. The topological polar surface area (TPSA) is 75.2 Å². The number of aromatic nitrogens is 2. The third kappa shape index (κ3) is 4.50. The van der Waals surface area contributed by atoms with Crippen molar-refractivity contribution in [2.24, 2.45) is 0 Å². The van der Waals surface area contributed by atoms with Crippen molar-refractivity contribution in [1.82, 2.24) is 9.97 Å². The summed E-state index contributed by atoms with van der Waals surface area (Å²) >= 11 is 5.89. The van der Waals surface area contributed by atoms with Gasteiger partial charge in [0.25, 0.3) is 0 Å². The van der Waals surface area contributed by atoms with E-state index in [0.717, 1.165) is 0 Å². The maximum atomic E-state index is 13.5. The van der Waals surface area contributed by atoms with Gasteiger partial charge in [-0.3, -0.25) is 19.5 Å². The Kier molecular flexibility index (Phi) is 5.96. The van der Waals surface area contributed by atoms with Crippen LogP contribution in [0.1, 0.15) is 12.5 Å². The molecule has 142 valence electrons. The molecule has 2 heterocycles. The maximum absolute atomic E-state index is 13.5. The predicted octanol–water partition coefficient (Wildman–Crippen LogP) is 4.13. The second kappa shape index (κ2) is 8.58. The van der Waals surface area contributed by atoms with Crippen molar-refractivity contribution >= 4 is 40.6 Å². The van der Waals surface area contributed by atoms with Crippen LogP contribution in [0.25, 0.3) is 0 Å². The van der Waals surface area contributed by atoms with Crippen LogP contribution in [-0.2, 0) is 16.0 Å². The maximum Gasteiger partial charge on any atom is 0.229 e. The molecule has 0 aliphatic rings. The van der Waals surface area contributed by atoms with E-state index in [2.05, 4.69) is 15.3 Å². The summed E-state index contributed by atoms with van der Waals surface area (Å²) in [6, 6.07) is 10.9. The fourth-order valence-corrected chi connectivity index (χ4v) is 2.84. The van der Waals surface area contributed by atoms with Gasteiger partial charge in [0.05, 0.1) is 23.3 Å². The van der Waals surface area contributed by atoms with Crippen molar-refractivity contribution in [1.29, 1.82) is 0 Å². The summed E-state index contributed by atoms with van der Waals surface area (Å²) in [5.41, 5.74) is 1.38. The van der Waals surface area contributed by atoms with E-state index in [1.165, 1.54) is 30.2 Å². The van der Waals surface area contributed by atoms with Gasteiger partial charge < -0.3 is 5.32 Å². The molecule has 8 heteroatoms. The van der Waals surface area contributed by atoms with Gasteiger partial charge in [0.1, 0.15) is 11.6 Å². The molecule has 0 aliphatic heterocycles. The Labute approximate surface area is 166 Å². The molecule has 28 heavy (non-hydrogen) atoms. The van der Waals surface area contributed by atoms with E-state index < -0.39 is 5.82 Å². The standard InChI is InChI=1S/C20H16ClFN4O2/c1-13(27)26(16-5-3-8-23-12-16)18-11-15(7-9-24-18)25-19(28)10-14-4-2-6-17(22)20(14)21/h2-9,11-12H,10H2,1H3,(H,24,25,28). The zero-order chi connectivity index (χ0) is 20.1. The summed E-state index contributed by atoms with van der Waals surface area (Å²) < 4.78 is 13.5. The first kappa shape index (κ1) is 19.4. The van der Waals surface area contributed by atoms with E-state index in [-0.39, 0.29) is 23.3 Å². The molecule has 0 saturated carbocycles. The first-order valence-electron chi connectivity index (χ1n) is 8.35. The van der Waals surface area contributed by atoms with Crippen LogP contribution in [0.4, 0.5) is 21.6 Å². The summed E-state index contributed by atoms with van der Waals surface area (Å²) in [6.07, 6.45) is 4.53. The minimum Gasteiger partial charge on any atom is -0.326 e. The lowest BCUT2D eigenvalue weighted by Crippen LogP contribution is -2.24. The van der Waals surface area contributed by atoms with E-state index >= 15 is 0 Å². The van der Waals surface area contributed by atoms with Gasteiger partial charge in [0, 0.05) is 31.1 Å². The molecule has 1 N–H and O–H groups in total. The smallest absolute Gasteiger partial charge is 0.229 e. The summed E-state index contributed by atoms with van der Waals surface area (Å²) in [7, 11) is 0. The monoisotopic (exact) mass is 398 g/mol. The normalized spacial score (nSPS) is 10.4. The number of pyridine rings is 2. The Balaban J connectivity index is 1.80. The zero-order valence-electron chi connectivity index (χ0n) is 14.9. The number of carbonyl (C=O) groups is 2. The molecule has 2 aromatic heterocycles. The number of rotatable bonds is 5. The molecule has 0 spiro atoms. The second-order valence-electron chi connectivity index (χ2n) is 5.91. The third-order valence-electron chi connectivity index (χ3n) is 3.86. The van der Waals surface area contributed by atoms with Crippen molar-refractivity contribution < 1.29 is 14.0 Å². The Hall–Kier alpha value is -3.32. The highest BCUT2D eigenvalue weighted by molar-refractivity contribution is 6.31. The first-order valence-corrected chi connectivity index (χ1v) is 8.73. The lowest BCUT2D eigenvalue weighted by atomic mass is 10.1. The number of halogens is 2. The Morgan fingerprint density at radius 1 is 1.18 bits per heavy atom. The van der Waals surface area contributed by atoms with Crippen LogP contribution in [0, 0.1) is 5.82 Å². The number of anilines is 3. The van der Waals surface area contributed by atoms with E-state index in [9.17, 15) is 14.0 Å². The average molecular weight is 399 g/mol. The number of carbonyl (C=O) groups excluding carboxylic acids is 2. The SMILES string of the molecule is CC(=O)N(c1cccnc1)c1cc(NC(=O)Cc2cccc(F)c2Cl)ccn1. The van der Waals surface area contributed by atoms with Crippen LogP contribution in [0.3, 0.4) is 0 Å². The number of nitrogens with zero attached hydrogens (tertiary/aromatic N) is 3. The molecule has 0 radical (unpaired) electrons. The minimum atomic E-state index is -0.577. The van der Waals surface area contributed by atoms with Gasteiger partial charge in [0.15, 0.2) is 0 Å². The van der Waals surface area contributed by atoms with Crippen molar-refractivity contribution in [3.8, 4) is 0 Å². The predicted molar refractivity (Wildman–Crippen MR) is 105 cm³/mol. The van der Waals surface area contributed by atoms with Crippen LogP contribution in [0.2, 0.25) is 5.02 Å². The fourth-order valence-electron chi connectivity index (χ4n) is 2.64. The van der Waals surface area contributed by atoms with E-state index in [1.54, 1.807) is 42.7 Å². The molecular formula is C20H16ClFN4O2. The molecule has 0 unspecified atom stereocenters. The summed E-state index contributed by atoms with van der Waals surface area (Å²) in [5, 5.41) is 2.63. The lowest BCUT2D eigenvalue weighted by molar-refractivity contribution is -0.116. The van der Waals surface area contributed by atoms with Crippen LogP contribution >= 0.6 is 11.6 Å². The van der Waals surface area contributed by atoms with Crippen LogP contribution in [0.15, 0.2) is 61.1 Å². The highest BCUT2D eigenvalue weighted by Gasteiger charge is 2.17. The number of hydrogen-bond acceptors (Lipinski definition) is 4. The Morgan fingerprint density at radius 3 is 2.71 bits per heavy atom. The molecule has 2 amide bonds. The van der Waals surface area contributed by atoms with Gasteiger partial charge >= 0.3 is 0 Å². The average Bonchev–Trinajstić information content (AvgIpc) is 2.66. The quantitative estimate of drug-likeness (QED) is 0.701. The summed E-state index contributed by atoms with van der Waals surface area (Å²) in [5.74, 6) is -0.871. The van der Waals surface area contributed by atoms with Crippen LogP contribution in [-0.4, -0.2) is 21.8 Å². The summed E-state index contributed by atoms with van der Waals surface area (Å²) in [6.45, 7) is 1.41. The van der Waals surface area contributed by atoms with Gasteiger partial charge in [-0.05, 0) is 29.8 Å². The molecular weight excluding hydrogens is 383 g/mol. The van der Waals surface area contributed by atoms with Crippen molar-refractivity contribution in [3.05, 3.63) is 77.5 Å². The molecule has 6 nitrogen and oxygen atoms in total. The highest BCUT2D eigenvalue weighted by atomic mass is 35.5. The number of amides is 2. The van der Waals surface area contributed by atoms with Gasteiger partial charge in [-0.25, -0.2) is 9.37 Å². The van der Waals surface area contributed by atoms with Crippen LogP contribution < -0.4 is 10.2 Å². The Morgan fingerprint density at radius 2 is 2.00 bits per heavy atom. The van der Waals surface area contributed by atoms with Gasteiger partial charge in [-0.1, -0.05) is 23.7 Å². The van der Waals surface area contributed by atoms with Crippen LogP contribution in [0.5, 0.6) is 0 Å². The van der Waals surface area contributed by atoms with Crippen molar-refractivity contribution in [2.75, 3.05) is 10.2 Å². The zero-order valence-corrected chi connectivity index (χ0v) is 15.7. The number of benzene rings is 1. The van der Waals surface area contributed by atoms with Gasteiger partial charge in [-0.2, -0.15) is 0 Å². The second-order valence-corrected chi connectivity index (χ2v) is 6.28. The molecule has 0 atom stereocenters. The van der Waals surface area contributed by atoms with E-state index in [4.69, 9.17) is 11.6 Å². The summed E-state index contributed by atoms with van der Waals surface area (Å²) in [4.78, 5) is 34.0. The molecule has 0 aliphatic carbocycles. The molecule has 1 aromatic carbocycles. The molecule has 0 saturated heterocycles.